The van der Waals surface area contributed by atoms with E-state index in [9.17, 15) is 19.8 Å². The summed E-state index contributed by atoms with van der Waals surface area (Å²) in [5.41, 5.74) is 1.40. The summed E-state index contributed by atoms with van der Waals surface area (Å²) in [6, 6.07) is 1.16. The van der Waals surface area contributed by atoms with Gasteiger partial charge in [0.05, 0.1) is 0 Å². The van der Waals surface area contributed by atoms with Crippen LogP contribution in [-0.2, 0) is 16.0 Å². The number of hydrogen-bond acceptors (Lipinski definition) is 5. The highest BCUT2D eigenvalue weighted by molar-refractivity contribution is 5.96. The molecule has 0 aromatic heterocycles. The molecule has 0 aliphatic carbocycles. The summed E-state index contributed by atoms with van der Waals surface area (Å²) in [5.74, 6) is -1.61. The molecule has 2 rings (SSSR count). The minimum Gasteiger partial charge on any atom is -0.508 e. The molecule has 23 heavy (non-hydrogen) atoms. The van der Waals surface area contributed by atoms with E-state index in [4.69, 9.17) is 9.84 Å². The van der Waals surface area contributed by atoms with Crippen molar-refractivity contribution in [2.24, 2.45) is 0 Å². The number of aliphatic carboxylic acids is 1. The van der Waals surface area contributed by atoms with Crippen LogP contribution in [-0.4, -0.2) is 33.4 Å². The molecule has 0 radical (unpaired) electrons. The van der Waals surface area contributed by atoms with E-state index in [-0.39, 0.29) is 29.6 Å². The molecular formula is C17H22O6. The average molecular weight is 322 g/mol. The zero-order chi connectivity index (χ0) is 17.0. The van der Waals surface area contributed by atoms with Gasteiger partial charge in [0, 0.05) is 18.9 Å². The van der Waals surface area contributed by atoms with E-state index in [1.165, 1.54) is 0 Å². The quantitative estimate of drug-likeness (QED) is 0.527. The number of carbonyl (C=O) groups is 2. The van der Waals surface area contributed by atoms with E-state index in [0.29, 0.717) is 30.4 Å². The predicted molar refractivity (Wildman–Crippen MR) is 82.8 cm³/mol. The Morgan fingerprint density at radius 1 is 1.22 bits per heavy atom. The highest BCUT2D eigenvalue weighted by Crippen LogP contribution is 2.36. The summed E-state index contributed by atoms with van der Waals surface area (Å²) in [4.78, 5) is 22.5. The minimum atomic E-state index is -0.780. The first-order valence-electron chi connectivity index (χ1n) is 7.87. The molecule has 126 valence electrons. The van der Waals surface area contributed by atoms with Crippen LogP contribution in [0.4, 0.5) is 0 Å². The normalized spacial score (nSPS) is 16.7. The minimum absolute atomic E-state index is 0.0247. The number of ether oxygens (including phenoxy) is 1. The third kappa shape index (κ3) is 4.15. The molecule has 1 aliphatic heterocycles. The Morgan fingerprint density at radius 2 is 1.91 bits per heavy atom. The Hall–Kier alpha value is -2.24. The number of phenols is 2. The van der Waals surface area contributed by atoms with Crippen molar-refractivity contribution in [3.05, 3.63) is 22.8 Å². The van der Waals surface area contributed by atoms with Gasteiger partial charge >= 0.3 is 11.9 Å². The third-order valence-electron chi connectivity index (χ3n) is 4.24. The summed E-state index contributed by atoms with van der Waals surface area (Å²) in [5, 5.41) is 28.2. The number of esters is 1. The van der Waals surface area contributed by atoms with Gasteiger partial charge in [-0.3, -0.25) is 4.79 Å². The van der Waals surface area contributed by atoms with Gasteiger partial charge in [-0.15, -0.1) is 0 Å². The van der Waals surface area contributed by atoms with Crippen LogP contribution in [0.3, 0.4) is 0 Å². The molecule has 0 amide bonds. The number of hydrogen-bond donors (Lipinski definition) is 3. The maximum absolute atomic E-state index is 12.1. The van der Waals surface area contributed by atoms with E-state index in [2.05, 4.69) is 0 Å². The number of cyclic esters (lactones) is 1. The SMILES string of the molecule is Cc1c(O)cc(O)c2c1C[C@@H](CCCCCCC(=O)O)OC2=O. The van der Waals surface area contributed by atoms with Gasteiger partial charge in [0.1, 0.15) is 23.2 Å². The average Bonchev–Trinajstić information content (AvgIpc) is 2.47. The molecule has 1 aromatic carbocycles. The molecule has 0 saturated heterocycles. The summed E-state index contributed by atoms with van der Waals surface area (Å²) < 4.78 is 5.36. The number of carbonyl (C=O) groups excluding carboxylic acids is 1. The van der Waals surface area contributed by atoms with Crippen molar-refractivity contribution < 1.29 is 29.6 Å². The molecule has 1 aromatic rings. The van der Waals surface area contributed by atoms with Gasteiger partial charge in [-0.05, 0) is 37.3 Å². The first kappa shape index (κ1) is 17.1. The molecule has 0 bridgehead atoms. The number of carboxylic acids is 1. The molecular weight excluding hydrogens is 300 g/mol. The second kappa shape index (κ2) is 7.35. The van der Waals surface area contributed by atoms with Crippen molar-refractivity contribution in [3.8, 4) is 11.5 Å². The summed E-state index contributed by atoms with van der Waals surface area (Å²) in [6.07, 6.45) is 4.30. The lowest BCUT2D eigenvalue weighted by Gasteiger charge is -2.26. The molecule has 6 nitrogen and oxygen atoms in total. The number of aromatic hydroxyl groups is 2. The lowest BCUT2D eigenvalue weighted by Crippen LogP contribution is -2.28. The van der Waals surface area contributed by atoms with Gasteiger partial charge in [0.2, 0.25) is 0 Å². The second-order valence-electron chi connectivity index (χ2n) is 5.97. The van der Waals surface area contributed by atoms with E-state index in [1.54, 1.807) is 6.92 Å². The molecule has 0 unspecified atom stereocenters. The summed E-state index contributed by atoms with van der Waals surface area (Å²) >= 11 is 0. The number of unbranched alkanes of at least 4 members (excludes halogenated alkanes) is 3. The maximum Gasteiger partial charge on any atom is 0.342 e. The van der Waals surface area contributed by atoms with Crippen molar-refractivity contribution in [3.63, 3.8) is 0 Å². The lowest BCUT2D eigenvalue weighted by molar-refractivity contribution is -0.137. The van der Waals surface area contributed by atoms with Gasteiger partial charge in [-0.1, -0.05) is 12.8 Å². The van der Waals surface area contributed by atoms with Crippen LogP contribution >= 0.6 is 0 Å². The molecule has 0 saturated carbocycles. The highest BCUT2D eigenvalue weighted by Gasteiger charge is 2.31. The Labute approximate surface area is 134 Å². The first-order valence-corrected chi connectivity index (χ1v) is 7.87. The molecule has 6 heteroatoms. The first-order chi connectivity index (χ1) is 10.9. The van der Waals surface area contributed by atoms with Gasteiger partial charge in [-0.25, -0.2) is 4.79 Å². The Kier molecular flexibility index (Phi) is 5.47. The number of phenolic OH excluding ortho intramolecular Hbond substituents is 2. The van der Waals surface area contributed by atoms with Crippen LogP contribution in [0, 0.1) is 6.92 Å². The van der Waals surface area contributed by atoms with Crippen LogP contribution in [0.25, 0.3) is 0 Å². The van der Waals surface area contributed by atoms with Crippen molar-refractivity contribution in [2.75, 3.05) is 0 Å². The summed E-state index contributed by atoms with van der Waals surface area (Å²) in [6.45, 7) is 1.72. The van der Waals surface area contributed by atoms with E-state index in [1.807, 2.05) is 0 Å². The van der Waals surface area contributed by atoms with E-state index < -0.39 is 11.9 Å². The fourth-order valence-corrected chi connectivity index (χ4v) is 2.93. The molecule has 0 fully saturated rings. The number of carboxylic acid groups (broad SMARTS) is 1. The van der Waals surface area contributed by atoms with Gasteiger partial charge < -0.3 is 20.1 Å². The standard InChI is InChI=1S/C17H22O6/c1-10-12-8-11(6-4-2-3-5-7-15(20)21)23-17(22)16(12)14(19)9-13(10)18/h9,11,18-19H,2-8H2,1H3,(H,20,21)/t11-/m1/s1. The number of fused-ring (bicyclic) bond motifs is 1. The van der Waals surface area contributed by atoms with Crippen LogP contribution in [0.1, 0.15) is 60.0 Å². The molecule has 1 heterocycles. The van der Waals surface area contributed by atoms with Crippen LogP contribution < -0.4 is 0 Å². The van der Waals surface area contributed by atoms with Crippen LogP contribution in [0.2, 0.25) is 0 Å². The van der Waals surface area contributed by atoms with E-state index >= 15 is 0 Å². The molecule has 0 spiro atoms. The third-order valence-corrected chi connectivity index (χ3v) is 4.24. The zero-order valence-corrected chi connectivity index (χ0v) is 13.2. The van der Waals surface area contributed by atoms with Crippen LogP contribution in [0.15, 0.2) is 6.07 Å². The zero-order valence-electron chi connectivity index (χ0n) is 13.2. The van der Waals surface area contributed by atoms with Crippen molar-refractivity contribution >= 4 is 11.9 Å². The van der Waals surface area contributed by atoms with E-state index in [0.717, 1.165) is 25.3 Å². The fraction of sp³-hybridized carbons (Fsp3) is 0.529. The lowest BCUT2D eigenvalue weighted by atomic mass is 9.91. The Morgan fingerprint density at radius 3 is 2.61 bits per heavy atom. The second-order valence-corrected chi connectivity index (χ2v) is 5.97. The monoisotopic (exact) mass is 322 g/mol. The topological polar surface area (TPSA) is 104 Å². The van der Waals surface area contributed by atoms with Crippen LogP contribution in [0.5, 0.6) is 11.5 Å². The number of benzene rings is 1. The predicted octanol–water partition coefficient (Wildman–Crippen LogP) is 2.91. The highest BCUT2D eigenvalue weighted by atomic mass is 16.5. The maximum atomic E-state index is 12.1. The number of rotatable bonds is 7. The molecule has 3 N–H and O–H groups in total. The smallest absolute Gasteiger partial charge is 0.342 e. The Balaban J connectivity index is 1.91. The molecule has 1 atom stereocenters. The van der Waals surface area contributed by atoms with Crippen molar-refractivity contribution in [1.82, 2.24) is 0 Å². The van der Waals surface area contributed by atoms with Gasteiger partial charge in [0.25, 0.3) is 0 Å². The van der Waals surface area contributed by atoms with Gasteiger partial charge in [-0.2, -0.15) is 0 Å². The Bertz CT molecular complexity index is 608. The van der Waals surface area contributed by atoms with Crippen molar-refractivity contribution in [1.29, 1.82) is 0 Å². The molecule has 1 aliphatic rings. The fourth-order valence-electron chi connectivity index (χ4n) is 2.93. The summed E-state index contributed by atoms with van der Waals surface area (Å²) in [7, 11) is 0. The largest absolute Gasteiger partial charge is 0.508 e. The van der Waals surface area contributed by atoms with Crippen molar-refractivity contribution in [2.45, 2.75) is 58.0 Å². The van der Waals surface area contributed by atoms with Gasteiger partial charge in [0.15, 0.2) is 0 Å².